The lowest BCUT2D eigenvalue weighted by Gasteiger charge is -2.27. The van der Waals surface area contributed by atoms with Gasteiger partial charge >= 0.3 is 0 Å². The van der Waals surface area contributed by atoms with Crippen molar-refractivity contribution >= 4 is 82.8 Å². The van der Waals surface area contributed by atoms with Crippen LogP contribution in [0.5, 0.6) is 0 Å². The van der Waals surface area contributed by atoms with Gasteiger partial charge in [0, 0.05) is 33.5 Å². The average Bonchev–Trinajstić information content (AvgIpc) is 3.79. The second-order valence-corrected chi connectivity index (χ2v) is 17.4. The van der Waals surface area contributed by atoms with Gasteiger partial charge in [-0.2, -0.15) is 0 Å². The number of rotatable bonds is 8. The summed E-state index contributed by atoms with van der Waals surface area (Å²) in [5.41, 5.74) is 16.7. The number of para-hydroxylation sites is 2. The molecule has 0 saturated heterocycles. The van der Waals surface area contributed by atoms with Crippen molar-refractivity contribution in [2.24, 2.45) is 0 Å². The van der Waals surface area contributed by atoms with Gasteiger partial charge in [-0.3, -0.25) is 0 Å². The van der Waals surface area contributed by atoms with E-state index in [0.717, 1.165) is 36.3 Å². The van der Waals surface area contributed by atoms with Crippen LogP contribution in [0.4, 0.5) is 17.1 Å². The normalized spacial score (nSPS) is 14.7. The molecule has 1 aromatic heterocycles. The molecule has 318 valence electrons. The van der Waals surface area contributed by atoms with Crippen LogP contribution >= 0.6 is 0 Å². The third kappa shape index (κ3) is 7.43. The molecule has 0 spiro atoms. The van der Waals surface area contributed by atoms with E-state index in [9.17, 15) is 0 Å². The van der Waals surface area contributed by atoms with Crippen LogP contribution in [-0.4, -0.2) is 4.57 Å². The summed E-state index contributed by atoms with van der Waals surface area (Å²) in [6.45, 7) is 0. The van der Waals surface area contributed by atoms with E-state index in [1.54, 1.807) is 0 Å². The lowest BCUT2D eigenvalue weighted by Crippen LogP contribution is -2.10. The molecule has 0 unspecified atom stereocenters. The average molecular weight is 857 g/mol. The third-order valence-corrected chi connectivity index (χ3v) is 13.4. The molecule has 0 saturated carbocycles. The van der Waals surface area contributed by atoms with Gasteiger partial charge in [0.1, 0.15) is 0 Å². The SMILES string of the molecule is C1=CCC=CC(c2ccc(-c3c4ccccc4c(C4=CCC=C(c5ccccc5)C=C4)c4cc(N(c5ccccc5)c5ccc6c(c5)c5ccccc5n6C5=CCC=CC=C5)ccc34)cc2)=C1. The monoisotopic (exact) mass is 856 g/mol. The van der Waals surface area contributed by atoms with Gasteiger partial charge in [0.25, 0.3) is 0 Å². The minimum absolute atomic E-state index is 0.831. The van der Waals surface area contributed by atoms with Crippen LogP contribution in [0.15, 0.2) is 255 Å². The number of allylic oxidation sites excluding steroid dienone is 18. The first-order chi connectivity index (χ1) is 33.3. The van der Waals surface area contributed by atoms with E-state index in [0.29, 0.717) is 0 Å². The maximum atomic E-state index is 2.45. The Morgan fingerprint density at radius 2 is 0.970 bits per heavy atom. The Hall–Kier alpha value is -8.46. The standard InChI is InChI=1S/C65H48N2/c1-2-8-21-47(20-7-1)49-35-38-51(39-36-49)64-57-31-15-16-32-58(57)65(50-25-19-24-48(34-37-50)46-22-9-5-10-23-46)61-45-54(40-42-59(61)64)66(52-26-13-6-14-27-52)55-41-43-63-60(44-55)56-30-17-18-33-62(56)67(63)53-28-11-3-4-12-29-53/h1,3-11,13-18,20-45H,2,12,19H2. The third-order valence-electron chi connectivity index (χ3n) is 13.4. The minimum Gasteiger partial charge on any atom is -0.310 e. The molecule has 12 rings (SSSR count). The summed E-state index contributed by atoms with van der Waals surface area (Å²) in [6, 6.07) is 62.7. The lowest BCUT2D eigenvalue weighted by atomic mass is 9.85. The fourth-order valence-electron chi connectivity index (χ4n) is 10.3. The second kappa shape index (κ2) is 17.5. The highest BCUT2D eigenvalue weighted by Gasteiger charge is 2.22. The predicted molar refractivity (Wildman–Crippen MR) is 289 cm³/mol. The highest BCUT2D eigenvalue weighted by molar-refractivity contribution is 6.20. The zero-order valence-electron chi connectivity index (χ0n) is 37.3. The maximum Gasteiger partial charge on any atom is 0.0542 e. The van der Waals surface area contributed by atoms with Crippen LogP contribution in [0.3, 0.4) is 0 Å². The van der Waals surface area contributed by atoms with Gasteiger partial charge in [-0.1, -0.05) is 200 Å². The Balaban J connectivity index is 1.08. The van der Waals surface area contributed by atoms with Crippen molar-refractivity contribution in [3.8, 4) is 11.1 Å². The predicted octanol–water partition coefficient (Wildman–Crippen LogP) is 17.9. The number of hydrogen-bond acceptors (Lipinski definition) is 1. The van der Waals surface area contributed by atoms with E-state index in [1.807, 2.05) is 0 Å². The number of aromatic nitrogens is 1. The molecule has 3 aliphatic carbocycles. The fourth-order valence-corrected chi connectivity index (χ4v) is 10.3. The van der Waals surface area contributed by atoms with Crippen LogP contribution in [-0.2, 0) is 0 Å². The minimum atomic E-state index is 0.831. The summed E-state index contributed by atoms with van der Waals surface area (Å²) in [5, 5.41) is 7.38. The van der Waals surface area contributed by atoms with Crippen LogP contribution in [0.2, 0.25) is 0 Å². The number of hydrogen-bond donors (Lipinski definition) is 0. The van der Waals surface area contributed by atoms with Crippen LogP contribution < -0.4 is 4.90 Å². The van der Waals surface area contributed by atoms with Crippen molar-refractivity contribution in [3.63, 3.8) is 0 Å². The van der Waals surface area contributed by atoms with Crippen molar-refractivity contribution in [2.45, 2.75) is 19.3 Å². The Kier molecular flexibility index (Phi) is 10.5. The van der Waals surface area contributed by atoms with E-state index in [4.69, 9.17) is 0 Å². The lowest BCUT2D eigenvalue weighted by molar-refractivity contribution is 1.21. The molecule has 0 aliphatic heterocycles. The van der Waals surface area contributed by atoms with E-state index < -0.39 is 0 Å². The summed E-state index contributed by atoms with van der Waals surface area (Å²) in [5.74, 6) is 0. The Labute approximate surface area is 392 Å². The van der Waals surface area contributed by atoms with E-state index in [1.165, 1.54) is 93.6 Å². The van der Waals surface area contributed by atoms with Gasteiger partial charge < -0.3 is 9.47 Å². The molecular weight excluding hydrogens is 809 g/mol. The van der Waals surface area contributed by atoms with Crippen molar-refractivity contribution < 1.29 is 0 Å². The molecule has 0 bridgehead atoms. The molecule has 0 atom stereocenters. The molecule has 0 N–H and O–H groups in total. The molecule has 2 nitrogen and oxygen atoms in total. The molecule has 3 aliphatic rings. The molecule has 9 aromatic rings. The van der Waals surface area contributed by atoms with Gasteiger partial charge in [0.05, 0.1) is 11.0 Å². The largest absolute Gasteiger partial charge is 0.310 e. The maximum absolute atomic E-state index is 2.45. The molecular formula is C65H48N2. The van der Waals surface area contributed by atoms with Gasteiger partial charge in [0.2, 0.25) is 0 Å². The van der Waals surface area contributed by atoms with Crippen molar-refractivity contribution in [2.75, 3.05) is 4.90 Å². The summed E-state index contributed by atoms with van der Waals surface area (Å²) in [4.78, 5) is 2.43. The van der Waals surface area contributed by atoms with E-state index >= 15 is 0 Å². The van der Waals surface area contributed by atoms with Gasteiger partial charge in [-0.25, -0.2) is 0 Å². The number of anilines is 3. The quantitative estimate of drug-likeness (QED) is 0.138. The first kappa shape index (κ1) is 40.1. The number of benzene rings is 8. The van der Waals surface area contributed by atoms with Crippen molar-refractivity contribution in [1.82, 2.24) is 4.57 Å². The second-order valence-electron chi connectivity index (χ2n) is 17.4. The van der Waals surface area contributed by atoms with E-state index in [-0.39, 0.29) is 0 Å². The summed E-state index contributed by atoms with van der Waals surface area (Å²) < 4.78 is 2.42. The van der Waals surface area contributed by atoms with Crippen LogP contribution in [0, 0.1) is 0 Å². The Bertz CT molecular complexity index is 3670. The first-order valence-electron chi connectivity index (χ1n) is 23.5. The van der Waals surface area contributed by atoms with Crippen LogP contribution in [0.1, 0.15) is 36.0 Å². The van der Waals surface area contributed by atoms with Gasteiger partial charge in [-0.15, -0.1) is 0 Å². The Morgan fingerprint density at radius 3 is 1.81 bits per heavy atom. The number of nitrogens with zero attached hydrogens (tertiary/aromatic N) is 2. The van der Waals surface area contributed by atoms with Gasteiger partial charge in [-0.05, 0) is 140 Å². The molecule has 0 amide bonds. The summed E-state index contributed by atoms with van der Waals surface area (Å²) in [6.07, 6.45) is 34.2. The van der Waals surface area contributed by atoms with Crippen LogP contribution in [0.25, 0.3) is 76.9 Å². The highest BCUT2D eigenvalue weighted by Crippen LogP contribution is 2.47. The highest BCUT2D eigenvalue weighted by atomic mass is 15.1. The molecule has 2 heteroatoms. The molecule has 0 radical (unpaired) electrons. The molecule has 8 aromatic carbocycles. The molecule has 1 heterocycles. The Morgan fingerprint density at radius 1 is 0.343 bits per heavy atom. The molecule has 67 heavy (non-hydrogen) atoms. The first-order valence-corrected chi connectivity index (χ1v) is 23.5. The molecule has 0 fully saturated rings. The van der Waals surface area contributed by atoms with E-state index in [2.05, 4.69) is 264 Å². The van der Waals surface area contributed by atoms with Gasteiger partial charge in [0.15, 0.2) is 0 Å². The topological polar surface area (TPSA) is 8.17 Å². The fraction of sp³-hybridized carbons (Fsp3) is 0.0462. The summed E-state index contributed by atoms with van der Waals surface area (Å²) in [7, 11) is 0. The van der Waals surface area contributed by atoms with Crippen molar-refractivity contribution in [3.05, 3.63) is 272 Å². The van der Waals surface area contributed by atoms with Crippen molar-refractivity contribution in [1.29, 1.82) is 0 Å². The zero-order valence-corrected chi connectivity index (χ0v) is 37.3. The number of fused-ring (bicyclic) bond motifs is 5. The summed E-state index contributed by atoms with van der Waals surface area (Å²) >= 11 is 0. The zero-order chi connectivity index (χ0) is 44.5. The smallest absolute Gasteiger partial charge is 0.0542 e.